The molecule has 3 aromatic rings. The molecule has 0 N–H and O–H groups in total. The fraction of sp³-hybridized carbons (Fsp3) is 0.211. The molecule has 2 aromatic heterocycles. The Balaban J connectivity index is 1.45. The number of carbonyl (C=O) groups excluding carboxylic acids is 2. The average Bonchev–Trinajstić information content (AvgIpc) is 3.40. The number of carbonyl (C=O) groups is 2. The molecule has 7 nitrogen and oxygen atoms in total. The summed E-state index contributed by atoms with van der Waals surface area (Å²) in [4.78, 5) is 32.6. The second kappa shape index (κ2) is 7.28. The molecule has 3 heterocycles. The van der Waals surface area contributed by atoms with Crippen LogP contribution in [0.3, 0.4) is 0 Å². The summed E-state index contributed by atoms with van der Waals surface area (Å²) >= 11 is 5.91. The van der Waals surface area contributed by atoms with Gasteiger partial charge in [0.15, 0.2) is 23.6 Å². The Labute approximate surface area is 160 Å². The van der Waals surface area contributed by atoms with Gasteiger partial charge in [-0.2, -0.15) is 0 Å². The second-order valence-corrected chi connectivity index (χ2v) is 6.54. The van der Waals surface area contributed by atoms with Crippen LogP contribution in [0.4, 0.5) is 0 Å². The fourth-order valence-electron chi connectivity index (χ4n) is 3.02. The first-order chi connectivity index (χ1) is 13.1. The first-order valence-corrected chi connectivity index (χ1v) is 8.83. The molecule has 0 saturated carbocycles. The highest BCUT2D eigenvalue weighted by Crippen LogP contribution is 2.26. The summed E-state index contributed by atoms with van der Waals surface area (Å²) in [6, 6.07) is 10.3. The topological polar surface area (TPSA) is 79.8 Å². The van der Waals surface area contributed by atoms with Gasteiger partial charge in [-0.15, -0.1) is 0 Å². The molecule has 1 aliphatic heterocycles. The summed E-state index contributed by atoms with van der Waals surface area (Å²) in [6.45, 7) is 1.69. The van der Waals surface area contributed by atoms with Crippen LogP contribution in [0.2, 0.25) is 5.02 Å². The van der Waals surface area contributed by atoms with Crippen LogP contribution < -0.4 is 0 Å². The number of oxazole rings is 1. The van der Waals surface area contributed by atoms with E-state index in [0.717, 1.165) is 5.56 Å². The summed E-state index contributed by atoms with van der Waals surface area (Å²) in [6.07, 6.45) is 2.73. The maximum absolute atomic E-state index is 12.9. The Morgan fingerprint density at radius 1 is 0.926 bits per heavy atom. The van der Waals surface area contributed by atoms with Gasteiger partial charge in [0.2, 0.25) is 0 Å². The van der Waals surface area contributed by atoms with Crippen molar-refractivity contribution in [3.8, 4) is 11.3 Å². The highest BCUT2D eigenvalue weighted by molar-refractivity contribution is 6.30. The number of piperazine rings is 1. The van der Waals surface area contributed by atoms with Crippen LogP contribution in [0.1, 0.15) is 21.0 Å². The lowest BCUT2D eigenvalue weighted by molar-refractivity contribution is 0.0515. The number of rotatable bonds is 3. The van der Waals surface area contributed by atoms with Crippen LogP contribution in [-0.2, 0) is 0 Å². The van der Waals surface area contributed by atoms with E-state index in [4.69, 9.17) is 20.4 Å². The third-order valence-electron chi connectivity index (χ3n) is 4.46. The van der Waals surface area contributed by atoms with Crippen molar-refractivity contribution in [3.05, 3.63) is 65.5 Å². The van der Waals surface area contributed by atoms with Gasteiger partial charge in [-0.3, -0.25) is 9.59 Å². The van der Waals surface area contributed by atoms with Gasteiger partial charge in [0.05, 0.1) is 6.26 Å². The van der Waals surface area contributed by atoms with Gasteiger partial charge in [0, 0.05) is 36.8 Å². The zero-order valence-electron chi connectivity index (χ0n) is 14.3. The molecule has 0 bridgehead atoms. The Morgan fingerprint density at radius 3 is 2.22 bits per heavy atom. The van der Waals surface area contributed by atoms with Crippen molar-refractivity contribution in [2.24, 2.45) is 0 Å². The number of hydrogen-bond acceptors (Lipinski definition) is 5. The van der Waals surface area contributed by atoms with Gasteiger partial charge in [-0.25, -0.2) is 4.98 Å². The lowest BCUT2D eigenvalue weighted by Crippen LogP contribution is -2.50. The van der Waals surface area contributed by atoms with Gasteiger partial charge >= 0.3 is 0 Å². The number of benzene rings is 1. The Hall–Kier alpha value is -3.06. The summed E-state index contributed by atoms with van der Waals surface area (Å²) in [7, 11) is 0. The van der Waals surface area contributed by atoms with E-state index in [9.17, 15) is 9.59 Å². The first-order valence-electron chi connectivity index (χ1n) is 8.45. The Bertz CT molecular complexity index is 942. The van der Waals surface area contributed by atoms with Crippen molar-refractivity contribution >= 4 is 23.4 Å². The number of amides is 2. The minimum Gasteiger partial charge on any atom is -0.459 e. The summed E-state index contributed by atoms with van der Waals surface area (Å²) in [5.74, 6) is 0.316. The lowest BCUT2D eigenvalue weighted by atomic mass is 10.1. The van der Waals surface area contributed by atoms with Crippen molar-refractivity contribution in [2.45, 2.75) is 0 Å². The van der Waals surface area contributed by atoms with Crippen molar-refractivity contribution in [1.82, 2.24) is 14.8 Å². The molecule has 0 spiro atoms. The van der Waals surface area contributed by atoms with E-state index in [1.807, 2.05) is 0 Å². The number of halogens is 1. The van der Waals surface area contributed by atoms with Crippen LogP contribution in [0.5, 0.6) is 0 Å². The van der Waals surface area contributed by atoms with E-state index in [-0.39, 0.29) is 17.5 Å². The lowest BCUT2D eigenvalue weighted by Gasteiger charge is -2.34. The minimum atomic E-state index is -0.223. The fourth-order valence-corrected chi connectivity index (χ4v) is 3.15. The maximum atomic E-state index is 12.9. The van der Waals surface area contributed by atoms with Crippen LogP contribution in [-0.4, -0.2) is 52.8 Å². The van der Waals surface area contributed by atoms with Crippen molar-refractivity contribution in [1.29, 1.82) is 0 Å². The number of nitrogens with zero attached hydrogens (tertiary/aromatic N) is 3. The van der Waals surface area contributed by atoms with E-state index in [1.165, 1.54) is 12.7 Å². The molecule has 1 aromatic carbocycles. The molecular weight excluding hydrogens is 370 g/mol. The van der Waals surface area contributed by atoms with E-state index in [2.05, 4.69) is 4.98 Å². The van der Waals surface area contributed by atoms with Crippen molar-refractivity contribution in [2.75, 3.05) is 26.2 Å². The molecule has 0 atom stereocenters. The quantitative estimate of drug-likeness (QED) is 0.691. The molecule has 1 saturated heterocycles. The van der Waals surface area contributed by atoms with Crippen LogP contribution in [0, 0.1) is 0 Å². The molecule has 0 aliphatic carbocycles. The Morgan fingerprint density at radius 2 is 1.59 bits per heavy atom. The number of aromatic nitrogens is 1. The molecule has 0 unspecified atom stereocenters. The molecular formula is C19H16ClN3O4. The summed E-state index contributed by atoms with van der Waals surface area (Å²) < 4.78 is 10.6. The molecule has 2 amide bonds. The third kappa shape index (κ3) is 3.46. The second-order valence-electron chi connectivity index (χ2n) is 6.10. The van der Waals surface area contributed by atoms with Crippen molar-refractivity contribution in [3.63, 3.8) is 0 Å². The maximum Gasteiger partial charge on any atom is 0.289 e. The molecule has 4 rings (SSSR count). The van der Waals surface area contributed by atoms with Gasteiger partial charge in [-0.1, -0.05) is 11.6 Å². The largest absolute Gasteiger partial charge is 0.459 e. The van der Waals surface area contributed by atoms with Gasteiger partial charge in [-0.05, 0) is 36.4 Å². The molecule has 27 heavy (non-hydrogen) atoms. The Kier molecular flexibility index (Phi) is 4.68. The predicted octanol–water partition coefficient (Wildman–Crippen LogP) is 3.19. The van der Waals surface area contributed by atoms with Gasteiger partial charge in [0.25, 0.3) is 11.8 Å². The highest BCUT2D eigenvalue weighted by atomic mass is 35.5. The first kappa shape index (κ1) is 17.4. The monoisotopic (exact) mass is 385 g/mol. The van der Waals surface area contributed by atoms with E-state index >= 15 is 0 Å². The SMILES string of the molecule is O=C(c1ccco1)N1CCN(C(=O)c2ncoc2-c2ccc(Cl)cc2)CC1. The molecule has 0 radical (unpaired) electrons. The molecule has 1 fully saturated rings. The summed E-state index contributed by atoms with van der Waals surface area (Å²) in [5.41, 5.74) is 0.981. The number of hydrogen-bond donors (Lipinski definition) is 0. The zero-order chi connectivity index (χ0) is 18.8. The van der Waals surface area contributed by atoms with Gasteiger partial charge < -0.3 is 18.6 Å². The van der Waals surface area contributed by atoms with Gasteiger partial charge in [0.1, 0.15) is 0 Å². The number of furan rings is 1. The van der Waals surface area contributed by atoms with Crippen LogP contribution in [0.15, 0.2) is 57.9 Å². The smallest absolute Gasteiger partial charge is 0.289 e. The van der Waals surface area contributed by atoms with E-state index in [0.29, 0.717) is 42.7 Å². The summed E-state index contributed by atoms with van der Waals surface area (Å²) in [5, 5.41) is 0.600. The molecule has 1 aliphatic rings. The highest BCUT2D eigenvalue weighted by Gasteiger charge is 2.29. The van der Waals surface area contributed by atoms with E-state index < -0.39 is 0 Å². The normalized spacial score (nSPS) is 14.4. The van der Waals surface area contributed by atoms with Crippen LogP contribution in [0.25, 0.3) is 11.3 Å². The zero-order valence-corrected chi connectivity index (χ0v) is 15.1. The van der Waals surface area contributed by atoms with E-state index in [1.54, 1.807) is 46.2 Å². The third-order valence-corrected chi connectivity index (χ3v) is 4.71. The van der Waals surface area contributed by atoms with Crippen molar-refractivity contribution < 1.29 is 18.4 Å². The molecule has 138 valence electrons. The predicted molar refractivity (Wildman–Crippen MR) is 97.5 cm³/mol. The molecule has 8 heteroatoms. The average molecular weight is 386 g/mol. The van der Waals surface area contributed by atoms with Crippen LogP contribution >= 0.6 is 11.6 Å². The standard InChI is InChI=1S/C19H16ClN3O4/c20-14-5-3-13(4-6-14)17-16(21-12-27-17)19(25)23-9-7-22(8-10-23)18(24)15-2-1-11-26-15/h1-6,11-12H,7-10H2. The minimum absolute atomic E-state index is 0.171.